The number of esters is 2. The van der Waals surface area contributed by atoms with Gasteiger partial charge in [-0.1, -0.05) is 0 Å². The number of carbonyl (C=O) groups excluding carboxylic acids is 3. The number of rotatable bonds is 7. The highest BCUT2D eigenvalue weighted by molar-refractivity contribution is 6.03. The molecule has 1 amide bonds. The molecular formula is C36H38F2N6O6. The van der Waals surface area contributed by atoms with Gasteiger partial charge in [0, 0.05) is 73.9 Å². The van der Waals surface area contributed by atoms with Crippen molar-refractivity contribution < 1.29 is 37.4 Å². The van der Waals surface area contributed by atoms with Crippen LogP contribution in [0.15, 0.2) is 42.7 Å². The lowest BCUT2D eigenvalue weighted by Gasteiger charge is -2.33. The normalized spacial score (nSPS) is 16.3. The quantitative estimate of drug-likeness (QED) is 0.229. The Bertz CT molecular complexity index is 1970. The molecule has 3 aliphatic rings. The molecule has 0 bridgehead atoms. The average Bonchev–Trinajstić information content (AvgIpc) is 3.79. The van der Waals surface area contributed by atoms with Crippen LogP contribution in [0.2, 0.25) is 0 Å². The number of hydrogen-bond donors (Lipinski definition) is 0. The van der Waals surface area contributed by atoms with E-state index in [1.807, 2.05) is 15.9 Å². The van der Waals surface area contributed by atoms with E-state index in [1.165, 1.54) is 37.2 Å². The van der Waals surface area contributed by atoms with Gasteiger partial charge in [-0.05, 0) is 67.1 Å². The lowest BCUT2D eigenvalue weighted by atomic mass is 9.92. The van der Waals surface area contributed by atoms with Crippen molar-refractivity contribution in [3.8, 4) is 16.8 Å². The van der Waals surface area contributed by atoms with Crippen molar-refractivity contribution in [1.29, 1.82) is 0 Å². The summed E-state index contributed by atoms with van der Waals surface area (Å²) in [6.45, 7) is 4.52. The number of anilines is 2. The second-order valence-corrected chi connectivity index (χ2v) is 12.7. The van der Waals surface area contributed by atoms with Crippen LogP contribution in [-0.2, 0) is 38.4 Å². The number of fused-ring (bicyclic) bond motifs is 2. The number of benzene rings is 2. The summed E-state index contributed by atoms with van der Waals surface area (Å²) in [5.74, 6) is -0.719. The Morgan fingerprint density at radius 1 is 0.980 bits per heavy atom. The zero-order valence-electron chi connectivity index (χ0n) is 28.2. The Balaban J connectivity index is 1.28. The molecule has 5 heterocycles. The first kappa shape index (κ1) is 33.4. The minimum absolute atomic E-state index is 0.00874. The number of hydrogen-bond acceptors (Lipinski definition) is 9. The standard InChI is InChI=1S/C36H38F2N6O6/c1-21(45)41-12-8-31-30(20-41)34(40-44(31)24-9-13-50-14-10-24)42-11-4-5-22-15-27(28(33(37)38)17-32(22)42)23-18-39-43(19-23)25-6-7-26(35(46)48-2)29(16-25)36(47)49-3/h6-7,15-19,24,33H,4-5,8-14,20H2,1-3H3. The zero-order valence-corrected chi connectivity index (χ0v) is 28.2. The second-order valence-electron chi connectivity index (χ2n) is 12.7. The molecule has 7 rings (SSSR count). The molecule has 2 aromatic carbocycles. The Kier molecular flexibility index (Phi) is 9.12. The molecule has 50 heavy (non-hydrogen) atoms. The number of alkyl halides is 2. The summed E-state index contributed by atoms with van der Waals surface area (Å²) >= 11 is 0. The molecule has 2 aromatic heterocycles. The van der Waals surface area contributed by atoms with Gasteiger partial charge in [-0.25, -0.2) is 23.1 Å². The molecule has 14 heteroatoms. The fourth-order valence-electron chi connectivity index (χ4n) is 7.29. The van der Waals surface area contributed by atoms with Crippen LogP contribution >= 0.6 is 0 Å². The van der Waals surface area contributed by atoms with Gasteiger partial charge in [0.15, 0.2) is 5.82 Å². The van der Waals surface area contributed by atoms with Crippen molar-refractivity contribution >= 4 is 29.4 Å². The van der Waals surface area contributed by atoms with Crippen LogP contribution in [0.4, 0.5) is 20.3 Å². The van der Waals surface area contributed by atoms with Crippen molar-refractivity contribution in [3.05, 3.63) is 76.2 Å². The van der Waals surface area contributed by atoms with E-state index in [1.54, 1.807) is 25.3 Å². The summed E-state index contributed by atoms with van der Waals surface area (Å²) in [6, 6.07) is 8.02. The molecule has 0 aliphatic carbocycles. The fraction of sp³-hybridized carbons (Fsp3) is 0.417. The zero-order chi connectivity index (χ0) is 35.1. The number of halogens is 2. The third kappa shape index (κ3) is 6.01. The SMILES string of the molecule is COC(=O)c1ccc(-n2cc(-c3cc4c(cc3C(F)F)N(c3nn(C5CCOCC5)c5c3CN(C(C)=O)CC5)CCC4)cn2)cc1C(=O)OC. The molecule has 0 N–H and O–H groups in total. The summed E-state index contributed by atoms with van der Waals surface area (Å²) in [4.78, 5) is 41.0. The van der Waals surface area contributed by atoms with Crippen LogP contribution in [0.25, 0.3) is 16.8 Å². The maximum Gasteiger partial charge on any atom is 0.338 e. The smallest absolute Gasteiger partial charge is 0.338 e. The highest BCUT2D eigenvalue weighted by atomic mass is 19.3. The van der Waals surface area contributed by atoms with Gasteiger partial charge in [0.1, 0.15) is 0 Å². The number of nitrogens with zero attached hydrogens (tertiary/aromatic N) is 6. The molecule has 0 unspecified atom stereocenters. The van der Waals surface area contributed by atoms with Gasteiger partial charge >= 0.3 is 11.9 Å². The van der Waals surface area contributed by atoms with Crippen molar-refractivity contribution in [3.63, 3.8) is 0 Å². The Labute approximate surface area is 287 Å². The maximum atomic E-state index is 14.9. The van der Waals surface area contributed by atoms with Crippen molar-refractivity contribution in [2.75, 3.05) is 45.4 Å². The first-order chi connectivity index (χ1) is 24.2. The topological polar surface area (TPSA) is 121 Å². The van der Waals surface area contributed by atoms with Crippen molar-refractivity contribution in [2.45, 2.75) is 58.0 Å². The third-order valence-corrected chi connectivity index (χ3v) is 9.88. The first-order valence-electron chi connectivity index (χ1n) is 16.7. The third-order valence-electron chi connectivity index (χ3n) is 9.88. The largest absolute Gasteiger partial charge is 0.465 e. The van der Waals surface area contributed by atoms with Crippen molar-refractivity contribution in [2.24, 2.45) is 0 Å². The molecule has 0 spiro atoms. The lowest BCUT2D eigenvalue weighted by molar-refractivity contribution is -0.129. The summed E-state index contributed by atoms with van der Waals surface area (Å²) in [6.07, 6.45) is 4.17. The Morgan fingerprint density at radius 3 is 2.46 bits per heavy atom. The van der Waals surface area contributed by atoms with E-state index in [4.69, 9.17) is 19.3 Å². The van der Waals surface area contributed by atoms with Gasteiger partial charge in [-0.15, -0.1) is 0 Å². The van der Waals surface area contributed by atoms with Gasteiger partial charge in [0.2, 0.25) is 5.91 Å². The molecule has 1 saturated heterocycles. The van der Waals surface area contributed by atoms with Crippen LogP contribution < -0.4 is 4.90 Å². The predicted molar refractivity (Wildman–Crippen MR) is 178 cm³/mol. The summed E-state index contributed by atoms with van der Waals surface area (Å²) in [5, 5.41) is 9.57. The minimum Gasteiger partial charge on any atom is -0.465 e. The van der Waals surface area contributed by atoms with Crippen LogP contribution in [0.5, 0.6) is 0 Å². The molecule has 0 atom stereocenters. The van der Waals surface area contributed by atoms with E-state index < -0.39 is 18.4 Å². The van der Waals surface area contributed by atoms with Gasteiger partial charge < -0.3 is 24.0 Å². The average molecular weight is 689 g/mol. The summed E-state index contributed by atoms with van der Waals surface area (Å²) in [5.41, 5.74) is 4.79. The molecule has 262 valence electrons. The fourth-order valence-corrected chi connectivity index (χ4v) is 7.29. The Hall–Kier alpha value is -5.11. The number of aryl methyl sites for hydroxylation is 1. The monoisotopic (exact) mass is 688 g/mol. The van der Waals surface area contributed by atoms with Crippen LogP contribution in [0, 0.1) is 0 Å². The van der Waals surface area contributed by atoms with E-state index >= 15 is 0 Å². The number of amides is 1. The molecule has 4 aromatic rings. The number of carbonyl (C=O) groups is 3. The van der Waals surface area contributed by atoms with Gasteiger partial charge in [-0.3, -0.25) is 9.48 Å². The molecule has 3 aliphatic heterocycles. The predicted octanol–water partition coefficient (Wildman–Crippen LogP) is 5.59. The molecule has 1 fully saturated rings. The summed E-state index contributed by atoms with van der Waals surface area (Å²) in [7, 11) is 2.42. The van der Waals surface area contributed by atoms with Gasteiger partial charge in [0.25, 0.3) is 6.43 Å². The van der Waals surface area contributed by atoms with Crippen molar-refractivity contribution in [1.82, 2.24) is 24.5 Å². The summed E-state index contributed by atoms with van der Waals surface area (Å²) < 4.78 is 48.7. The number of ether oxygens (including phenoxy) is 3. The number of methoxy groups -OCH3 is 2. The van der Waals surface area contributed by atoms with E-state index in [0.717, 1.165) is 41.9 Å². The van der Waals surface area contributed by atoms with Crippen LogP contribution in [0.3, 0.4) is 0 Å². The highest BCUT2D eigenvalue weighted by Gasteiger charge is 2.34. The lowest BCUT2D eigenvalue weighted by Crippen LogP contribution is -2.36. The Morgan fingerprint density at radius 2 is 1.74 bits per heavy atom. The van der Waals surface area contributed by atoms with Gasteiger partial charge in [-0.2, -0.15) is 10.2 Å². The number of aromatic nitrogens is 4. The van der Waals surface area contributed by atoms with E-state index in [0.29, 0.717) is 68.2 Å². The first-order valence-corrected chi connectivity index (χ1v) is 16.7. The minimum atomic E-state index is -2.78. The van der Waals surface area contributed by atoms with Crippen LogP contribution in [0.1, 0.15) is 81.8 Å². The molecular weight excluding hydrogens is 650 g/mol. The van der Waals surface area contributed by atoms with Crippen LogP contribution in [-0.4, -0.2) is 82.8 Å². The maximum absolute atomic E-state index is 14.9. The van der Waals surface area contributed by atoms with E-state index in [2.05, 4.69) is 9.78 Å². The molecule has 0 radical (unpaired) electrons. The van der Waals surface area contributed by atoms with E-state index in [9.17, 15) is 23.2 Å². The molecule has 12 nitrogen and oxygen atoms in total. The van der Waals surface area contributed by atoms with E-state index in [-0.39, 0.29) is 28.6 Å². The highest BCUT2D eigenvalue weighted by Crippen LogP contribution is 2.43. The second kappa shape index (κ2) is 13.7. The molecule has 0 saturated carbocycles. The van der Waals surface area contributed by atoms with Gasteiger partial charge in [0.05, 0.1) is 49.8 Å².